The normalized spacial score (nSPS) is 11.0. The number of carbonyl (C=O) groups is 1. The van der Waals surface area contributed by atoms with Crippen LogP contribution < -0.4 is 10.9 Å². The molecule has 0 spiro atoms. The number of halogens is 1. The summed E-state index contributed by atoms with van der Waals surface area (Å²) in [5, 5.41) is 7.06. The van der Waals surface area contributed by atoms with Gasteiger partial charge in [0.1, 0.15) is 5.82 Å². The Hall–Kier alpha value is -3.81. The van der Waals surface area contributed by atoms with E-state index in [0.29, 0.717) is 27.7 Å². The molecule has 0 saturated heterocycles. The summed E-state index contributed by atoms with van der Waals surface area (Å²) >= 11 is 0. The Morgan fingerprint density at radius 2 is 1.93 bits per heavy atom. The van der Waals surface area contributed by atoms with Crippen LogP contribution in [-0.2, 0) is 11.3 Å². The average Bonchev–Trinajstić information content (AvgIpc) is 3.08. The SMILES string of the molecule is Cc1noc(NC(=O)CCn2cnc3ccccc3c2=O)c1-c1ccc(F)cc1. The first-order valence-electron chi connectivity index (χ1n) is 8.99. The van der Waals surface area contributed by atoms with Crippen molar-refractivity contribution in [1.82, 2.24) is 14.7 Å². The van der Waals surface area contributed by atoms with Gasteiger partial charge in [0.25, 0.3) is 5.56 Å². The number of amides is 1. The fourth-order valence-corrected chi connectivity index (χ4v) is 3.09. The third-order valence-corrected chi connectivity index (χ3v) is 4.56. The Bertz CT molecular complexity index is 1250. The van der Waals surface area contributed by atoms with Crippen LogP contribution in [0, 0.1) is 12.7 Å². The highest BCUT2D eigenvalue weighted by Crippen LogP contribution is 2.31. The zero-order valence-corrected chi connectivity index (χ0v) is 15.6. The van der Waals surface area contributed by atoms with Crippen LogP contribution >= 0.6 is 0 Å². The molecule has 4 aromatic rings. The first-order valence-corrected chi connectivity index (χ1v) is 8.99. The predicted octanol–water partition coefficient (Wildman–Crippen LogP) is 3.53. The molecule has 0 aliphatic carbocycles. The zero-order valence-electron chi connectivity index (χ0n) is 15.6. The highest BCUT2D eigenvalue weighted by Gasteiger charge is 2.17. The molecule has 2 aromatic heterocycles. The summed E-state index contributed by atoms with van der Waals surface area (Å²) in [4.78, 5) is 29.2. The fourth-order valence-electron chi connectivity index (χ4n) is 3.09. The van der Waals surface area contributed by atoms with Crippen molar-refractivity contribution in [2.45, 2.75) is 19.9 Å². The molecule has 1 amide bonds. The molecular formula is C21H17FN4O3. The van der Waals surface area contributed by atoms with E-state index in [-0.39, 0.29) is 36.1 Å². The van der Waals surface area contributed by atoms with Gasteiger partial charge in [0.2, 0.25) is 11.8 Å². The monoisotopic (exact) mass is 392 g/mol. The molecule has 2 aromatic carbocycles. The van der Waals surface area contributed by atoms with Crippen molar-refractivity contribution in [3.05, 3.63) is 76.7 Å². The van der Waals surface area contributed by atoms with E-state index in [4.69, 9.17) is 4.52 Å². The first kappa shape index (κ1) is 18.5. The van der Waals surface area contributed by atoms with E-state index < -0.39 is 0 Å². The second-order valence-corrected chi connectivity index (χ2v) is 6.54. The Morgan fingerprint density at radius 1 is 1.17 bits per heavy atom. The minimum Gasteiger partial charge on any atom is -0.337 e. The van der Waals surface area contributed by atoms with Crippen molar-refractivity contribution < 1.29 is 13.7 Å². The first-order chi connectivity index (χ1) is 14.0. The van der Waals surface area contributed by atoms with E-state index in [1.54, 1.807) is 37.3 Å². The summed E-state index contributed by atoms with van der Waals surface area (Å²) in [5.74, 6) is -0.518. The van der Waals surface area contributed by atoms with Gasteiger partial charge in [0.05, 0.1) is 28.5 Å². The fraction of sp³-hybridized carbons (Fsp3) is 0.143. The average molecular weight is 392 g/mol. The summed E-state index contributed by atoms with van der Waals surface area (Å²) in [6, 6.07) is 12.9. The molecular weight excluding hydrogens is 375 g/mol. The Labute approximate surface area is 164 Å². The van der Waals surface area contributed by atoms with Gasteiger partial charge in [-0.05, 0) is 36.8 Å². The molecule has 0 saturated carbocycles. The lowest BCUT2D eigenvalue weighted by Crippen LogP contribution is -2.23. The minimum atomic E-state index is -0.358. The van der Waals surface area contributed by atoms with Crippen molar-refractivity contribution in [3.8, 4) is 11.1 Å². The summed E-state index contributed by atoms with van der Waals surface area (Å²) in [6.45, 7) is 1.90. The van der Waals surface area contributed by atoms with Gasteiger partial charge in [-0.3, -0.25) is 19.5 Å². The van der Waals surface area contributed by atoms with Gasteiger partial charge in [0, 0.05) is 13.0 Å². The molecule has 0 fully saturated rings. The minimum absolute atomic E-state index is 0.0442. The molecule has 0 aliphatic heterocycles. The molecule has 29 heavy (non-hydrogen) atoms. The number of nitrogens with zero attached hydrogens (tertiary/aromatic N) is 3. The molecule has 0 bridgehead atoms. The van der Waals surface area contributed by atoms with Crippen LogP contribution in [-0.4, -0.2) is 20.6 Å². The molecule has 8 heteroatoms. The smallest absolute Gasteiger partial charge is 0.261 e. The van der Waals surface area contributed by atoms with Gasteiger partial charge in [-0.25, -0.2) is 9.37 Å². The molecule has 0 atom stereocenters. The predicted molar refractivity (Wildman–Crippen MR) is 106 cm³/mol. The highest BCUT2D eigenvalue weighted by molar-refractivity contribution is 5.93. The number of carbonyl (C=O) groups excluding carboxylic acids is 1. The van der Waals surface area contributed by atoms with Crippen LogP contribution in [0.1, 0.15) is 12.1 Å². The number of aromatic nitrogens is 3. The third kappa shape index (κ3) is 3.77. The second kappa shape index (κ2) is 7.67. The summed E-state index contributed by atoms with van der Waals surface area (Å²) < 4.78 is 19.8. The molecule has 0 aliphatic rings. The van der Waals surface area contributed by atoms with Crippen LogP contribution in [0.3, 0.4) is 0 Å². The standard InChI is InChI=1S/C21H17FN4O3/c1-13-19(14-6-8-15(22)9-7-14)20(29-25-13)24-18(27)10-11-26-12-23-17-5-3-2-4-16(17)21(26)28/h2-9,12H,10-11H2,1H3,(H,24,27). The molecule has 0 radical (unpaired) electrons. The zero-order chi connectivity index (χ0) is 20.4. The molecule has 146 valence electrons. The number of rotatable bonds is 5. The molecule has 4 rings (SSSR count). The maximum absolute atomic E-state index is 13.2. The molecule has 1 N–H and O–H groups in total. The number of hydrogen-bond acceptors (Lipinski definition) is 5. The van der Waals surface area contributed by atoms with Crippen molar-refractivity contribution in [2.24, 2.45) is 0 Å². The van der Waals surface area contributed by atoms with Crippen molar-refractivity contribution in [1.29, 1.82) is 0 Å². The number of hydrogen-bond donors (Lipinski definition) is 1. The lowest BCUT2D eigenvalue weighted by Gasteiger charge is -2.07. The van der Waals surface area contributed by atoms with Gasteiger partial charge >= 0.3 is 0 Å². The maximum Gasteiger partial charge on any atom is 0.261 e. The van der Waals surface area contributed by atoms with Crippen LogP contribution in [0.5, 0.6) is 0 Å². The van der Waals surface area contributed by atoms with Crippen LogP contribution in [0.4, 0.5) is 10.3 Å². The largest absolute Gasteiger partial charge is 0.337 e. The number of aryl methyl sites for hydroxylation is 2. The van der Waals surface area contributed by atoms with Gasteiger partial charge in [-0.15, -0.1) is 0 Å². The topological polar surface area (TPSA) is 90.0 Å². The number of anilines is 1. The van der Waals surface area contributed by atoms with Crippen LogP contribution in [0.15, 0.2) is 64.2 Å². The Balaban J connectivity index is 1.49. The van der Waals surface area contributed by atoms with Gasteiger partial charge in [-0.2, -0.15) is 0 Å². The van der Waals surface area contributed by atoms with E-state index in [0.717, 1.165) is 0 Å². The van der Waals surface area contributed by atoms with Crippen molar-refractivity contribution >= 4 is 22.7 Å². The van der Waals surface area contributed by atoms with E-state index in [1.807, 2.05) is 6.07 Å². The number of nitrogens with one attached hydrogen (secondary N) is 1. The lowest BCUT2D eigenvalue weighted by molar-refractivity contribution is -0.116. The highest BCUT2D eigenvalue weighted by atomic mass is 19.1. The quantitative estimate of drug-likeness (QED) is 0.561. The lowest BCUT2D eigenvalue weighted by atomic mass is 10.1. The third-order valence-electron chi connectivity index (χ3n) is 4.56. The van der Waals surface area contributed by atoms with Crippen molar-refractivity contribution in [2.75, 3.05) is 5.32 Å². The summed E-state index contributed by atoms with van der Waals surface area (Å²) in [6.07, 6.45) is 1.48. The Kier molecular flexibility index (Phi) is 4.90. The molecule has 0 unspecified atom stereocenters. The number of benzene rings is 2. The number of fused-ring (bicyclic) bond motifs is 1. The van der Waals surface area contributed by atoms with Gasteiger partial charge in [0.15, 0.2) is 0 Å². The number of para-hydroxylation sites is 1. The van der Waals surface area contributed by atoms with E-state index in [2.05, 4.69) is 15.5 Å². The van der Waals surface area contributed by atoms with Crippen LogP contribution in [0.25, 0.3) is 22.0 Å². The second-order valence-electron chi connectivity index (χ2n) is 6.54. The van der Waals surface area contributed by atoms with E-state index >= 15 is 0 Å². The van der Waals surface area contributed by atoms with Gasteiger partial charge in [-0.1, -0.05) is 29.4 Å². The van der Waals surface area contributed by atoms with E-state index in [9.17, 15) is 14.0 Å². The maximum atomic E-state index is 13.2. The van der Waals surface area contributed by atoms with Gasteiger partial charge < -0.3 is 4.52 Å². The Morgan fingerprint density at radius 3 is 2.72 bits per heavy atom. The summed E-state index contributed by atoms with van der Waals surface area (Å²) in [5.41, 5.74) is 2.24. The summed E-state index contributed by atoms with van der Waals surface area (Å²) in [7, 11) is 0. The van der Waals surface area contributed by atoms with E-state index in [1.165, 1.54) is 23.0 Å². The molecule has 2 heterocycles. The molecule has 7 nitrogen and oxygen atoms in total. The van der Waals surface area contributed by atoms with Crippen LogP contribution in [0.2, 0.25) is 0 Å². The van der Waals surface area contributed by atoms with Crippen molar-refractivity contribution in [3.63, 3.8) is 0 Å².